The summed E-state index contributed by atoms with van der Waals surface area (Å²) in [6.07, 6.45) is 0.299. The predicted molar refractivity (Wildman–Crippen MR) is 81.4 cm³/mol. The van der Waals surface area contributed by atoms with Gasteiger partial charge in [-0.1, -0.05) is 17.8 Å². The van der Waals surface area contributed by atoms with Gasteiger partial charge in [0.05, 0.1) is 16.9 Å². The molecule has 2 rings (SSSR count). The number of benzene rings is 1. The minimum absolute atomic E-state index is 0.00588. The van der Waals surface area contributed by atoms with Crippen LogP contribution < -0.4 is 10.6 Å². The zero-order chi connectivity index (χ0) is 15.6. The molecule has 6 nitrogen and oxygen atoms in total. The van der Waals surface area contributed by atoms with E-state index in [0.717, 1.165) is 0 Å². The van der Waals surface area contributed by atoms with Crippen molar-refractivity contribution in [3.8, 4) is 0 Å². The number of anilines is 2. The van der Waals surface area contributed by atoms with E-state index in [1.165, 1.54) is 29.7 Å². The largest absolute Gasteiger partial charge is 0.478 e. The molecule has 112 valence electrons. The molecule has 3 N–H and O–H groups in total. The highest BCUT2D eigenvalue weighted by molar-refractivity contribution is 8.13. The number of carbonyl (C=O) groups excluding carboxylic acids is 2. The highest BCUT2D eigenvalue weighted by Crippen LogP contribution is 2.34. The minimum atomic E-state index is -1.12. The predicted octanol–water partition coefficient (Wildman–Crippen LogP) is 1.60. The van der Waals surface area contributed by atoms with Crippen LogP contribution in [-0.2, 0) is 9.59 Å². The molecule has 1 aliphatic heterocycles. The van der Waals surface area contributed by atoms with E-state index in [9.17, 15) is 19.5 Å². The van der Waals surface area contributed by atoms with Gasteiger partial charge < -0.3 is 15.7 Å². The minimum Gasteiger partial charge on any atom is -0.478 e. The molecule has 1 unspecified atom stereocenters. The number of carboxylic acid groups (broad SMARTS) is 1. The number of rotatable bonds is 4. The van der Waals surface area contributed by atoms with Gasteiger partial charge in [-0.25, -0.2) is 4.79 Å². The molecular weight excluding hydrogens is 292 g/mol. The molecule has 1 fully saturated rings. The molecule has 1 aromatic carbocycles. The molecule has 1 heterocycles. The fourth-order valence-electron chi connectivity index (χ4n) is 2.38. The van der Waals surface area contributed by atoms with E-state index in [4.69, 9.17) is 5.73 Å². The van der Waals surface area contributed by atoms with Gasteiger partial charge >= 0.3 is 5.97 Å². The zero-order valence-electron chi connectivity index (χ0n) is 11.5. The molecule has 7 heteroatoms. The molecule has 0 aliphatic carbocycles. The number of nitrogens with two attached hydrogens (primary N) is 1. The standard InChI is InChI=1S/C14H16N2O4S/c1-8(17)21-7-9-5-12(18)16(6-9)13-10(14(19)20)3-2-4-11(13)15/h2-4,9H,5-7,15H2,1H3,(H,19,20). The van der Waals surface area contributed by atoms with Crippen molar-refractivity contribution in [3.05, 3.63) is 23.8 Å². The first-order chi connectivity index (χ1) is 9.90. The zero-order valence-corrected chi connectivity index (χ0v) is 12.4. The van der Waals surface area contributed by atoms with E-state index < -0.39 is 5.97 Å². The lowest BCUT2D eigenvalue weighted by Gasteiger charge is -2.20. The second-order valence-electron chi connectivity index (χ2n) is 4.93. The number of nitrogen functional groups attached to an aromatic ring is 1. The van der Waals surface area contributed by atoms with Gasteiger partial charge in [-0.15, -0.1) is 0 Å². The molecule has 1 saturated heterocycles. The molecule has 1 aliphatic rings. The molecule has 0 aromatic heterocycles. The second kappa shape index (κ2) is 6.17. The number of hydrogen-bond acceptors (Lipinski definition) is 5. The van der Waals surface area contributed by atoms with Gasteiger partial charge in [0.1, 0.15) is 0 Å². The van der Waals surface area contributed by atoms with Crippen molar-refractivity contribution in [1.82, 2.24) is 0 Å². The number of carboxylic acids is 1. The van der Waals surface area contributed by atoms with Crippen molar-refractivity contribution < 1.29 is 19.5 Å². The van der Waals surface area contributed by atoms with Crippen LogP contribution in [0.5, 0.6) is 0 Å². The average molecular weight is 308 g/mol. The first kappa shape index (κ1) is 15.4. The van der Waals surface area contributed by atoms with E-state index in [-0.39, 0.29) is 33.9 Å². The van der Waals surface area contributed by atoms with Crippen LogP contribution in [-0.4, -0.2) is 34.4 Å². The van der Waals surface area contributed by atoms with Gasteiger partial charge in [-0.05, 0) is 18.1 Å². The molecule has 0 radical (unpaired) electrons. The van der Waals surface area contributed by atoms with Crippen LogP contribution in [0.2, 0.25) is 0 Å². The van der Waals surface area contributed by atoms with E-state index >= 15 is 0 Å². The topological polar surface area (TPSA) is 101 Å². The maximum atomic E-state index is 12.1. The van der Waals surface area contributed by atoms with Crippen LogP contribution >= 0.6 is 11.8 Å². The Hall–Kier alpha value is -2.02. The van der Waals surface area contributed by atoms with E-state index in [1.807, 2.05) is 0 Å². The maximum absolute atomic E-state index is 12.1. The summed E-state index contributed by atoms with van der Waals surface area (Å²) in [6.45, 7) is 1.87. The average Bonchev–Trinajstić information content (AvgIpc) is 2.77. The Balaban J connectivity index is 2.25. The Morgan fingerprint density at radius 1 is 1.48 bits per heavy atom. The lowest BCUT2D eigenvalue weighted by Crippen LogP contribution is -2.27. The number of aromatic carboxylic acids is 1. The molecule has 0 spiro atoms. The van der Waals surface area contributed by atoms with Crippen molar-refractivity contribution in [3.63, 3.8) is 0 Å². The number of para-hydroxylation sites is 1. The SMILES string of the molecule is CC(=O)SCC1CC(=O)N(c2c(N)cccc2C(=O)O)C1. The van der Waals surface area contributed by atoms with Crippen LogP contribution in [0.1, 0.15) is 23.7 Å². The maximum Gasteiger partial charge on any atom is 0.337 e. The summed E-state index contributed by atoms with van der Waals surface area (Å²) in [5, 5.41) is 9.24. The molecule has 0 saturated carbocycles. The van der Waals surface area contributed by atoms with Crippen molar-refractivity contribution >= 4 is 40.1 Å². The van der Waals surface area contributed by atoms with Crippen molar-refractivity contribution in [1.29, 1.82) is 0 Å². The van der Waals surface area contributed by atoms with Crippen molar-refractivity contribution in [2.45, 2.75) is 13.3 Å². The molecular formula is C14H16N2O4S. The van der Waals surface area contributed by atoms with Gasteiger partial charge in [-0.3, -0.25) is 9.59 Å². The van der Waals surface area contributed by atoms with Gasteiger partial charge in [0.2, 0.25) is 5.91 Å². The Labute approximate surface area is 126 Å². The van der Waals surface area contributed by atoms with E-state index in [0.29, 0.717) is 18.7 Å². The van der Waals surface area contributed by atoms with E-state index in [1.54, 1.807) is 12.1 Å². The fraction of sp³-hybridized carbons (Fsp3) is 0.357. The highest BCUT2D eigenvalue weighted by Gasteiger charge is 2.33. The molecule has 1 atom stereocenters. The third-order valence-electron chi connectivity index (χ3n) is 3.29. The first-order valence-electron chi connectivity index (χ1n) is 6.45. The van der Waals surface area contributed by atoms with Crippen LogP contribution in [0.25, 0.3) is 0 Å². The summed E-state index contributed by atoms with van der Waals surface area (Å²) in [5.74, 6) is -0.712. The molecule has 1 aromatic rings. The monoisotopic (exact) mass is 308 g/mol. The van der Waals surface area contributed by atoms with Crippen LogP contribution in [0.4, 0.5) is 11.4 Å². The van der Waals surface area contributed by atoms with Gasteiger partial charge in [0.15, 0.2) is 5.12 Å². The number of thioether (sulfide) groups is 1. The lowest BCUT2D eigenvalue weighted by molar-refractivity contribution is -0.117. The molecule has 21 heavy (non-hydrogen) atoms. The summed E-state index contributed by atoms with van der Waals surface area (Å²) in [4.78, 5) is 35.9. The van der Waals surface area contributed by atoms with Crippen LogP contribution in [0, 0.1) is 5.92 Å². The smallest absolute Gasteiger partial charge is 0.337 e. The summed E-state index contributed by atoms with van der Waals surface area (Å²) in [5.41, 5.74) is 6.39. The number of nitrogens with zero attached hydrogens (tertiary/aromatic N) is 1. The van der Waals surface area contributed by atoms with Gasteiger partial charge in [0.25, 0.3) is 0 Å². The first-order valence-corrected chi connectivity index (χ1v) is 7.44. The van der Waals surface area contributed by atoms with Crippen molar-refractivity contribution in [2.24, 2.45) is 5.92 Å². The summed E-state index contributed by atoms with van der Waals surface area (Å²) < 4.78 is 0. The quantitative estimate of drug-likeness (QED) is 0.819. The van der Waals surface area contributed by atoms with E-state index in [2.05, 4.69) is 0 Å². The third-order valence-corrected chi connectivity index (χ3v) is 4.34. The third kappa shape index (κ3) is 3.36. The Kier molecular flexibility index (Phi) is 4.52. The Morgan fingerprint density at radius 3 is 2.81 bits per heavy atom. The van der Waals surface area contributed by atoms with Crippen LogP contribution in [0.15, 0.2) is 18.2 Å². The fourth-order valence-corrected chi connectivity index (χ4v) is 3.07. The number of carbonyl (C=O) groups is 3. The summed E-state index contributed by atoms with van der Waals surface area (Å²) >= 11 is 1.18. The van der Waals surface area contributed by atoms with Gasteiger partial charge in [0, 0.05) is 25.6 Å². The molecule has 0 bridgehead atoms. The Bertz CT molecular complexity index is 603. The normalized spacial score (nSPS) is 18.0. The second-order valence-corrected chi connectivity index (χ2v) is 6.12. The van der Waals surface area contributed by atoms with Crippen molar-refractivity contribution in [2.75, 3.05) is 22.9 Å². The molecule has 1 amide bonds. The lowest BCUT2D eigenvalue weighted by atomic mass is 10.1. The summed E-state index contributed by atoms with van der Waals surface area (Å²) in [6, 6.07) is 4.55. The number of amides is 1. The summed E-state index contributed by atoms with van der Waals surface area (Å²) in [7, 11) is 0. The Morgan fingerprint density at radius 2 is 2.19 bits per heavy atom. The van der Waals surface area contributed by atoms with Gasteiger partial charge in [-0.2, -0.15) is 0 Å². The highest BCUT2D eigenvalue weighted by atomic mass is 32.2. The van der Waals surface area contributed by atoms with Crippen LogP contribution in [0.3, 0.4) is 0 Å². The number of hydrogen-bond donors (Lipinski definition) is 2.